The fraction of sp³-hybridized carbons (Fsp3) is 0.200. The van der Waals surface area contributed by atoms with Crippen LogP contribution in [0.2, 0.25) is 0 Å². The fourth-order valence-corrected chi connectivity index (χ4v) is 2.68. The minimum absolute atomic E-state index is 0.110. The highest BCUT2D eigenvalue weighted by Gasteiger charge is 2.14. The number of hydrogen-bond acceptors (Lipinski definition) is 0. The lowest BCUT2D eigenvalue weighted by molar-refractivity contribution is 0.595. The van der Waals surface area contributed by atoms with Gasteiger partial charge in [-0.1, -0.05) is 28.1 Å². The Morgan fingerprint density at radius 1 is 1.11 bits per heavy atom. The molecule has 4 heteroatoms. The summed E-state index contributed by atoms with van der Waals surface area (Å²) in [5.41, 5.74) is 1.36. The van der Waals surface area contributed by atoms with Gasteiger partial charge in [0.1, 0.15) is 11.6 Å². The minimum Gasteiger partial charge on any atom is -0.207 e. The molecule has 0 aliphatic rings. The quantitative estimate of drug-likeness (QED) is 0.660. The topological polar surface area (TPSA) is 0 Å². The van der Waals surface area contributed by atoms with Crippen molar-refractivity contribution in [2.45, 2.75) is 12.3 Å². The second kappa shape index (κ2) is 6.49. The highest BCUT2D eigenvalue weighted by atomic mass is 79.9. The number of hydrogen-bond donors (Lipinski definition) is 0. The second-order valence-electron chi connectivity index (χ2n) is 4.35. The van der Waals surface area contributed by atoms with Gasteiger partial charge in [0, 0.05) is 16.3 Å². The number of rotatable bonds is 4. The van der Waals surface area contributed by atoms with Gasteiger partial charge in [-0.05, 0) is 47.9 Å². The van der Waals surface area contributed by atoms with E-state index in [4.69, 9.17) is 11.6 Å². The predicted molar refractivity (Wildman–Crippen MR) is 77.7 cm³/mol. The first-order valence-electron chi connectivity index (χ1n) is 5.85. The van der Waals surface area contributed by atoms with Gasteiger partial charge in [0.25, 0.3) is 0 Å². The first-order valence-corrected chi connectivity index (χ1v) is 7.18. The lowest BCUT2D eigenvalue weighted by Crippen LogP contribution is -2.06. The summed E-state index contributed by atoms with van der Waals surface area (Å²) in [5.74, 6) is -0.367. The molecule has 1 atom stereocenters. The van der Waals surface area contributed by atoms with E-state index in [-0.39, 0.29) is 17.6 Å². The van der Waals surface area contributed by atoms with Crippen LogP contribution in [-0.2, 0) is 6.42 Å². The van der Waals surface area contributed by atoms with Crippen LogP contribution in [0.3, 0.4) is 0 Å². The molecule has 0 saturated carbocycles. The summed E-state index contributed by atoms with van der Waals surface area (Å²) in [6.45, 7) is 0. The van der Waals surface area contributed by atoms with Crippen LogP contribution < -0.4 is 0 Å². The third kappa shape index (κ3) is 3.77. The fourth-order valence-electron chi connectivity index (χ4n) is 1.99. The summed E-state index contributed by atoms with van der Waals surface area (Å²) >= 11 is 9.26. The van der Waals surface area contributed by atoms with E-state index in [0.717, 1.165) is 10.0 Å². The third-order valence-corrected chi connectivity index (χ3v) is 3.85. The Morgan fingerprint density at radius 2 is 1.89 bits per heavy atom. The van der Waals surface area contributed by atoms with E-state index in [1.54, 1.807) is 18.2 Å². The highest BCUT2D eigenvalue weighted by molar-refractivity contribution is 9.10. The molecule has 0 aliphatic heterocycles. The molecule has 0 fully saturated rings. The summed E-state index contributed by atoms with van der Waals surface area (Å²) in [6.07, 6.45) is 0.443. The zero-order valence-electron chi connectivity index (χ0n) is 10.0. The Kier molecular flexibility index (Phi) is 4.94. The SMILES string of the molecule is Fc1cccc(C(CCl)Cc2cc(Br)ccc2F)c1. The molecule has 2 aromatic rings. The van der Waals surface area contributed by atoms with Crippen molar-refractivity contribution in [3.8, 4) is 0 Å². The van der Waals surface area contributed by atoms with Gasteiger partial charge in [-0.25, -0.2) is 8.78 Å². The van der Waals surface area contributed by atoms with Crippen molar-refractivity contribution >= 4 is 27.5 Å². The standard InChI is InChI=1S/C15H12BrClF2/c16-13-4-5-15(19)11(7-13)6-12(9-17)10-2-1-3-14(18)8-10/h1-5,7-8,12H,6,9H2. The zero-order chi connectivity index (χ0) is 13.8. The van der Waals surface area contributed by atoms with Crippen molar-refractivity contribution in [3.05, 3.63) is 69.7 Å². The second-order valence-corrected chi connectivity index (χ2v) is 5.57. The maximum Gasteiger partial charge on any atom is 0.126 e. The summed E-state index contributed by atoms with van der Waals surface area (Å²) in [5, 5.41) is 0. The van der Waals surface area contributed by atoms with Gasteiger partial charge in [-0.2, -0.15) is 0 Å². The Bertz CT molecular complexity index is 572. The van der Waals surface area contributed by atoms with Crippen LogP contribution in [0.5, 0.6) is 0 Å². The molecule has 0 aromatic heterocycles. The largest absolute Gasteiger partial charge is 0.207 e. The highest BCUT2D eigenvalue weighted by Crippen LogP contribution is 2.26. The molecule has 0 radical (unpaired) electrons. The monoisotopic (exact) mass is 344 g/mol. The van der Waals surface area contributed by atoms with Crippen LogP contribution >= 0.6 is 27.5 Å². The van der Waals surface area contributed by atoms with E-state index in [0.29, 0.717) is 17.9 Å². The summed E-state index contributed by atoms with van der Waals surface area (Å²) in [6, 6.07) is 11.1. The van der Waals surface area contributed by atoms with Crippen LogP contribution in [0.15, 0.2) is 46.9 Å². The van der Waals surface area contributed by atoms with Gasteiger partial charge in [0.2, 0.25) is 0 Å². The van der Waals surface area contributed by atoms with Gasteiger partial charge < -0.3 is 0 Å². The molecule has 0 nitrogen and oxygen atoms in total. The normalized spacial score (nSPS) is 12.4. The van der Waals surface area contributed by atoms with Crippen molar-refractivity contribution in [1.29, 1.82) is 0 Å². The summed E-state index contributed by atoms with van der Waals surface area (Å²) in [7, 11) is 0. The smallest absolute Gasteiger partial charge is 0.126 e. The van der Waals surface area contributed by atoms with Crippen molar-refractivity contribution in [1.82, 2.24) is 0 Å². The van der Waals surface area contributed by atoms with E-state index >= 15 is 0 Å². The van der Waals surface area contributed by atoms with E-state index in [1.165, 1.54) is 18.2 Å². The Labute approximate surface area is 124 Å². The first-order chi connectivity index (χ1) is 9.10. The van der Waals surface area contributed by atoms with Crippen LogP contribution in [0, 0.1) is 11.6 Å². The van der Waals surface area contributed by atoms with Gasteiger partial charge in [-0.15, -0.1) is 11.6 Å². The molecule has 0 saturated heterocycles. The van der Waals surface area contributed by atoms with Crippen LogP contribution in [0.1, 0.15) is 17.0 Å². The van der Waals surface area contributed by atoms with Crippen LogP contribution in [-0.4, -0.2) is 5.88 Å². The molecule has 0 spiro atoms. The van der Waals surface area contributed by atoms with Gasteiger partial charge in [0.05, 0.1) is 0 Å². The molecule has 0 amide bonds. The average Bonchev–Trinajstić information content (AvgIpc) is 2.39. The molecular formula is C15H12BrClF2. The van der Waals surface area contributed by atoms with Crippen LogP contribution in [0.25, 0.3) is 0 Å². The van der Waals surface area contributed by atoms with Crippen LogP contribution in [0.4, 0.5) is 8.78 Å². The van der Waals surface area contributed by atoms with E-state index < -0.39 is 0 Å². The molecule has 0 heterocycles. The van der Waals surface area contributed by atoms with Crippen molar-refractivity contribution in [2.75, 3.05) is 5.88 Å². The first kappa shape index (κ1) is 14.5. The number of benzene rings is 2. The average molecular weight is 346 g/mol. The Morgan fingerprint density at radius 3 is 2.58 bits per heavy atom. The zero-order valence-corrected chi connectivity index (χ0v) is 12.4. The molecule has 2 rings (SSSR count). The Hall–Kier alpha value is -0.930. The van der Waals surface area contributed by atoms with Gasteiger partial charge >= 0.3 is 0 Å². The van der Waals surface area contributed by atoms with E-state index in [1.807, 2.05) is 6.07 Å². The molecule has 0 aliphatic carbocycles. The molecule has 19 heavy (non-hydrogen) atoms. The van der Waals surface area contributed by atoms with E-state index in [2.05, 4.69) is 15.9 Å². The van der Waals surface area contributed by atoms with E-state index in [9.17, 15) is 8.78 Å². The van der Waals surface area contributed by atoms with Gasteiger partial charge in [0.15, 0.2) is 0 Å². The molecule has 2 aromatic carbocycles. The molecule has 100 valence electrons. The maximum atomic E-state index is 13.7. The molecular weight excluding hydrogens is 334 g/mol. The third-order valence-electron chi connectivity index (χ3n) is 2.98. The molecule has 1 unspecified atom stereocenters. The number of halogens is 4. The summed E-state index contributed by atoms with van der Waals surface area (Å²) < 4.78 is 27.8. The Balaban J connectivity index is 2.26. The van der Waals surface area contributed by atoms with Crippen molar-refractivity contribution in [3.63, 3.8) is 0 Å². The number of alkyl halides is 1. The predicted octanol–water partition coefficient (Wildman–Crippen LogP) is 5.29. The lowest BCUT2D eigenvalue weighted by Gasteiger charge is -2.15. The molecule has 0 N–H and O–H groups in total. The summed E-state index contributed by atoms with van der Waals surface area (Å²) in [4.78, 5) is 0. The molecule has 0 bridgehead atoms. The minimum atomic E-state index is -0.303. The van der Waals surface area contributed by atoms with Crippen molar-refractivity contribution in [2.24, 2.45) is 0 Å². The van der Waals surface area contributed by atoms with Gasteiger partial charge in [-0.3, -0.25) is 0 Å². The lowest BCUT2D eigenvalue weighted by atomic mass is 9.93. The van der Waals surface area contributed by atoms with Crippen molar-refractivity contribution < 1.29 is 8.78 Å². The maximum absolute atomic E-state index is 13.7.